The fraction of sp³-hybridized carbons (Fsp3) is 0.0909. The van der Waals surface area contributed by atoms with Gasteiger partial charge in [-0.1, -0.05) is 0 Å². The van der Waals surface area contributed by atoms with E-state index in [4.69, 9.17) is 5.11 Å². The predicted molar refractivity (Wildman–Crippen MR) is 68.8 cm³/mol. The summed E-state index contributed by atoms with van der Waals surface area (Å²) >= 11 is 0.963. The number of thiophene rings is 1. The summed E-state index contributed by atoms with van der Waals surface area (Å²) in [6.07, 6.45) is 0. The van der Waals surface area contributed by atoms with E-state index in [1.165, 1.54) is 12.1 Å². The average molecular weight is 279 g/mol. The Morgan fingerprint density at radius 1 is 1.42 bits per heavy atom. The lowest BCUT2D eigenvalue weighted by Crippen LogP contribution is -2.16. The number of carboxylic acids is 1. The number of hydrogen-bond acceptors (Lipinski definition) is 5. The van der Waals surface area contributed by atoms with E-state index in [-0.39, 0.29) is 10.6 Å². The zero-order valence-corrected chi connectivity index (χ0v) is 10.6. The predicted octanol–water partition coefficient (Wildman–Crippen LogP) is 1.09. The molecule has 1 amide bonds. The number of carbonyl (C=O) groups is 2. The molecule has 0 saturated heterocycles. The highest BCUT2D eigenvalue weighted by Crippen LogP contribution is 2.26. The van der Waals surface area contributed by atoms with E-state index < -0.39 is 17.4 Å². The van der Waals surface area contributed by atoms with Crippen LogP contribution in [0.25, 0.3) is 0 Å². The maximum atomic E-state index is 11.8. The molecular formula is C11H9N3O4S. The molecular weight excluding hydrogens is 270 g/mol. The molecule has 0 aliphatic rings. The molecule has 19 heavy (non-hydrogen) atoms. The normalized spacial score (nSPS) is 10.2. The first-order valence-corrected chi connectivity index (χ1v) is 6.00. The monoisotopic (exact) mass is 279 g/mol. The molecule has 0 fully saturated rings. The summed E-state index contributed by atoms with van der Waals surface area (Å²) in [5.41, 5.74) is 0.210. The molecule has 0 aromatic carbocycles. The Morgan fingerprint density at radius 3 is 2.68 bits per heavy atom. The number of nitrogens with one attached hydrogen (secondary N) is 2. The summed E-state index contributed by atoms with van der Waals surface area (Å²) in [5, 5.41) is 17.6. The van der Waals surface area contributed by atoms with Gasteiger partial charge in [-0.15, -0.1) is 11.3 Å². The van der Waals surface area contributed by atoms with Gasteiger partial charge in [-0.2, -0.15) is 5.10 Å². The van der Waals surface area contributed by atoms with Crippen LogP contribution >= 0.6 is 11.3 Å². The number of hydrogen-bond donors (Lipinski definition) is 3. The van der Waals surface area contributed by atoms with Crippen LogP contribution < -0.4 is 10.9 Å². The van der Waals surface area contributed by atoms with Crippen molar-refractivity contribution in [3.8, 4) is 0 Å². The smallest absolute Gasteiger partial charge is 0.346 e. The molecule has 2 aromatic rings. The van der Waals surface area contributed by atoms with E-state index in [1.807, 2.05) is 0 Å². The van der Waals surface area contributed by atoms with Crippen molar-refractivity contribution in [1.82, 2.24) is 10.2 Å². The average Bonchev–Trinajstić information content (AvgIpc) is 2.71. The fourth-order valence-electron chi connectivity index (χ4n) is 1.40. The highest BCUT2D eigenvalue weighted by atomic mass is 32.1. The number of anilines is 1. The molecule has 7 nitrogen and oxygen atoms in total. The van der Waals surface area contributed by atoms with Crippen molar-refractivity contribution >= 4 is 28.2 Å². The van der Waals surface area contributed by atoms with Gasteiger partial charge in [0.25, 0.3) is 11.5 Å². The fourth-order valence-corrected chi connectivity index (χ4v) is 2.31. The molecule has 2 rings (SSSR count). The third kappa shape index (κ3) is 2.86. The standard InChI is InChI=1S/C11H9N3O4S/c1-5-4-8(19-9(5)11(17)18)12-10(16)6-2-3-7(15)14-13-6/h2-4H,1H3,(H,12,16)(H,14,15)(H,17,18). The number of aromatic amines is 1. The van der Waals surface area contributed by atoms with E-state index in [0.29, 0.717) is 10.6 Å². The van der Waals surface area contributed by atoms with Gasteiger partial charge in [-0.3, -0.25) is 9.59 Å². The molecule has 0 saturated carbocycles. The first-order chi connectivity index (χ1) is 8.97. The Morgan fingerprint density at radius 2 is 2.16 bits per heavy atom. The summed E-state index contributed by atoms with van der Waals surface area (Å²) < 4.78 is 0. The molecule has 0 aliphatic carbocycles. The van der Waals surface area contributed by atoms with Crippen LogP contribution in [0.1, 0.15) is 25.7 Å². The largest absolute Gasteiger partial charge is 0.477 e. The van der Waals surface area contributed by atoms with Gasteiger partial charge < -0.3 is 10.4 Å². The Bertz CT molecular complexity index is 684. The lowest BCUT2D eigenvalue weighted by atomic mass is 10.3. The summed E-state index contributed by atoms with van der Waals surface area (Å²) in [7, 11) is 0. The van der Waals surface area contributed by atoms with Crippen LogP contribution in [0.3, 0.4) is 0 Å². The molecule has 2 aromatic heterocycles. The van der Waals surface area contributed by atoms with E-state index in [0.717, 1.165) is 11.3 Å². The zero-order valence-electron chi connectivity index (χ0n) is 9.76. The summed E-state index contributed by atoms with van der Waals surface area (Å²) in [6, 6.07) is 4.04. The summed E-state index contributed by atoms with van der Waals surface area (Å²) in [6.45, 7) is 1.65. The van der Waals surface area contributed by atoms with Crippen LogP contribution in [-0.4, -0.2) is 27.2 Å². The second kappa shape index (κ2) is 5.02. The lowest BCUT2D eigenvalue weighted by Gasteiger charge is -2.00. The van der Waals surface area contributed by atoms with E-state index >= 15 is 0 Å². The number of rotatable bonds is 3. The van der Waals surface area contributed by atoms with Crippen molar-refractivity contribution in [2.24, 2.45) is 0 Å². The van der Waals surface area contributed by atoms with Gasteiger partial charge in [0.15, 0.2) is 0 Å². The molecule has 0 atom stereocenters. The lowest BCUT2D eigenvalue weighted by molar-refractivity contribution is 0.0701. The number of carbonyl (C=O) groups excluding carboxylic acids is 1. The Labute approximate surface area is 110 Å². The molecule has 0 aliphatic heterocycles. The van der Waals surface area contributed by atoms with Crippen LogP contribution in [-0.2, 0) is 0 Å². The second-order valence-electron chi connectivity index (χ2n) is 3.69. The SMILES string of the molecule is Cc1cc(NC(=O)c2ccc(=O)[nH]n2)sc1C(=O)O. The maximum absolute atomic E-state index is 11.8. The first-order valence-electron chi connectivity index (χ1n) is 5.18. The van der Waals surface area contributed by atoms with Gasteiger partial charge in [0, 0.05) is 6.07 Å². The minimum Gasteiger partial charge on any atom is -0.477 e. The number of nitrogens with zero attached hydrogens (tertiary/aromatic N) is 1. The Hall–Kier alpha value is -2.48. The molecule has 8 heteroatoms. The van der Waals surface area contributed by atoms with Crippen molar-refractivity contribution in [3.63, 3.8) is 0 Å². The number of H-pyrrole nitrogens is 1. The highest BCUT2D eigenvalue weighted by molar-refractivity contribution is 7.18. The van der Waals surface area contributed by atoms with Gasteiger partial charge in [0.05, 0.1) is 5.00 Å². The minimum absolute atomic E-state index is 0.0440. The van der Waals surface area contributed by atoms with Gasteiger partial charge in [0.1, 0.15) is 10.6 Å². The topological polar surface area (TPSA) is 112 Å². The van der Waals surface area contributed by atoms with Crippen LogP contribution in [0.5, 0.6) is 0 Å². The van der Waals surface area contributed by atoms with Gasteiger partial charge in [-0.25, -0.2) is 9.89 Å². The molecule has 0 radical (unpaired) electrons. The van der Waals surface area contributed by atoms with Crippen LogP contribution in [0, 0.1) is 6.92 Å². The van der Waals surface area contributed by atoms with Crippen molar-refractivity contribution in [2.45, 2.75) is 6.92 Å². The molecule has 0 unspecified atom stereocenters. The number of aryl methyl sites for hydroxylation is 1. The van der Waals surface area contributed by atoms with Crippen molar-refractivity contribution in [1.29, 1.82) is 0 Å². The summed E-state index contributed by atoms with van der Waals surface area (Å²) in [5.74, 6) is -1.56. The molecule has 3 N–H and O–H groups in total. The maximum Gasteiger partial charge on any atom is 0.346 e. The van der Waals surface area contributed by atoms with Crippen molar-refractivity contribution in [3.05, 3.63) is 44.7 Å². The molecule has 2 heterocycles. The number of amides is 1. The molecule has 0 bridgehead atoms. The van der Waals surface area contributed by atoms with Gasteiger partial charge in [0.2, 0.25) is 0 Å². The van der Waals surface area contributed by atoms with E-state index in [9.17, 15) is 14.4 Å². The van der Waals surface area contributed by atoms with E-state index in [1.54, 1.807) is 13.0 Å². The quantitative estimate of drug-likeness (QED) is 0.778. The van der Waals surface area contributed by atoms with E-state index in [2.05, 4.69) is 15.5 Å². The molecule has 98 valence electrons. The van der Waals surface area contributed by atoms with Crippen LogP contribution in [0.4, 0.5) is 5.00 Å². The minimum atomic E-state index is -1.04. The molecule has 0 spiro atoms. The third-order valence-electron chi connectivity index (χ3n) is 2.26. The number of carboxylic acid groups (broad SMARTS) is 1. The zero-order chi connectivity index (χ0) is 14.0. The third-order valence-corrected chi connectivity index (χ3v) is 3.40. The Kier molecular flexibility index (Phi) is 3.43. The first kappa shape index (κ1) is 13.0. The summed E-state index contributed by atoms with van der Waals surface area (Å²) in [4.78, 5) is 33.6. The van der Waals surface area contributed by atoms with Crippen molar-refractivity contribution < 1.29 is 14.7 Å². The number of aromatic carboxylic acids is 1. The Balaban J connectivity index is 2.19. The highest BCUT2D eigenvalue weighted by Gasteiger charge is 2.15. The number of aromatic nitrogens is 2. The van der Waals surface area contributed by atoms with Gasteiger partial charge in [-0.05, 0) is 24.6 Å². The van der Waals surface area contributed by atoms with Crippen LogP contribution in [0.15, 0.2) is 23.0 Å². The second-order valence-corrected chi connectivity index (χ2v) is 4.74. The van der Waals surface area contributed by atoms with Gasteiger partial charge >= 0.3 is 5.97 Å². The van der Waals surface area contributed by atoms with Crippen LogP contribution in [0.2, 0.25) is 0 Å². The van der Waals surface area contributed by atoms with Crippen molar-refractivity contribution in [2.75, 3.05) is 5.32 Å².